The summed E-state index contributed by atoms with van der Waals surface area (Å²) in [5.41, 5.74) is -7.14. The highest BCUT2D eigenvalue weighted by Gasteiger charge is 2.78. The number of furan rings is 1. The Morgan fingerprint density at radius 3 is 2.35 bits per heavy atom. The van der Waals surface area contributed by atoms with Gasteiger partial charge >= 0.3 is 23.9 Å². The molecule has 1 unspecified atom stereocenters. The molecule has 48 heavy (non-hydrogen) atoms. The van der Waals surface area contributed by atoms with E-state index in [4.69, 9.17) is 28.1 Å². The van der Waals surface area contributed by atoms with Crippen molar-refractivity contribution in [3.05, 3.63) is 36.3 Å². The number of aliphatic hydroxyl groups is 2. The molecule has 2 aliphatic heterocycles. The van der Waals surface area contributed by atoms with Gasteiger partial charge in [0.25, 0.3) is 6.47 Å². The number of fused-ring (bicyclic) bond motifs is 2. The van der Waals surface area contributed by atoms with Crippen LogP contribution < -0.4 is 0 Å². The summed E-state index contributed by atoms with van der Waals surface area (Å²) in [6.45, 7) is 12.9. The second-order valence-corrected chi connectivity index (χ2v) is 14.3. The third kappa shape index (κ3) is 5.06. The third-order valence-electron chi connectivity index (χ3n) is 11.4. The predicted molar refractivity (Wildman–Crippen MR) is 160 cm³/mol. The molecule has 14 nitrogen and oxygen atoms in total. The molecule has 2 saturated carbocycles. The lowest BCUT2D eigenvalue weighted by atomic mass is 9.46. The quantitative estimate of drug-likeness (QED) is 0.175. The predicted octanol–water partition coefficient (Wildman–Crippen LogP) is 1.94. The van der Waals surface area contributed by atoms with E-state index in [1.807, 2.05) is 0 Å². The lowest BCUT2D eigenvalue weighted by Crippen LogP contribution is -2.72. The van der Waals surface area contributed by atoms with Crippen molar-refractivity contribution in [3.8, 4) is 0 Å². The highest BCUT2D eigenvalue weighted by Crippen LogP contribution is 2.68. The fourth-order valence-corrected chi connectivity index (χ4v) is 8.93. The van der Waals surface area contributed by atoms with Crippen LogP contribution in [0.1, 0.15) is 72.3 Å². The second-order valence-electron chi connectivity index (χ2n) is 14.3. The normalized spacial score (nSPS) is 40.1. The molecule has 2 aliphatic carbocycles. The van der Waals surface area contributed by atoms with E-state index in [9.17, 15) is 39.0 Å². The summed E-state index contributed by atoms with van der Waals surface area (Å²) in [5.74, 6) is -7.98. The number of ether oxygens (including phenoxy) is 5. The molecular formula is C34H42O14. The van der Waals surface area contributed by atoms with Gasteiger partial charge in [-0.3, -0.25) is 24.0 Å². The van der Waals surface area contributed by atoms with Gasteiger partial charge in [0.05, 0.1) is 30.8 Å². The number of Topliss-reactive ketones (excluding diaryl/α,β-unsaturated/α-hetero) is 1. The second kappa shape index (κ2) is 12.1. The molecule has 1 aromatic heterocycles. The van der Waals surface area contributed by atoms with E-state index in [2.05, 4.69) is 6.58 Å². The van der Waals surface area contributed by atoms with Crippen LogP contribution in [0.25, 0.3) is 0 Å². The van der Waals surface area contributed by atoms with Gasteiger partial charge in [-0.05, 0) is 30.0 Å². The van der Waals surface area contributed by atoms with Crippen molar-refractivity contribution >= 4 is 36.1 Å². The van der Waals surface area contributed by atoms with Crippen molar-refractivity contribution in [1.29, 1.82) is 0 Å². The van der Waals surface area contributed by atoms with Crippen molar-refractivity contribution in [2.45, 2.75) is 102 Å². The van der Waals surface area contributed by atoms with Crippen molar-refractivity contribution in [1.82, 2.24) is 0 Å². The number of aliphatic hydroxyl groups excluding tert-OH is 1. The molecule has 0 spiro atoms. The van der Waals surface area contributed by atoms with Crippen LogP contribution in [0.2, 0.25) is 0 Å². The van der Waals surface area contributed by atoms with E-state index in [-0.39, 0.29) is 31.5 Å². The summed E-state index contributed by atoms with van der Waals surface area (Å²) in [5, 5.41) is 23.6. The Kier molecular flexibility index (Phi) is 8.91. The number of ketones is 1. The zero-order valence-electron chi connectivity index (χ0n) is 27.8. The SMILES string of the molecule is C=C1[C@@H]([C@@]2(C)[C@@H](OC(C)=O)CC(=O)O[C@]3(C)COC(=O)C[C@H]23)[C@@H](OC=O)[C@H](OC(=O)C(O)C(C)C)[C@@]2(C)[C@H](c3ccoc3)CC(=O)[C@]12O. The minimum Gasteiger partial charge on any atom is -0.472 e. The molecule has 2 saturated heterocycles. The standard InChI is InChI=1S/C34H42O14/c1-16(2)27(40)30(41)47-29-28(45-15-35)26(17(3)34(42)22(37)10-20(33(29,34)7)19-8-9-43-13-19)32(6)21-11-24(38)44-14-31(21,5)48-25(39)12-23(32)46-18(4)36/h8-9,13,15-16,20-21,23,26-29,40,42H,3,10-12,14H2,1-2,4-7H3/t20-,21-,23-,26+,27?,28+,29-,31+,32+,33+,34+/m0/s1. The smallest absolute Gasteiger partial charge is 0.335 e. The van der Waals surface area contributed by atoms with Gasteiger partial charge in [-0.2, -0.15) is 0 Å². The van der Waals surface area contributed by atoms with E-state index in [1.54, 1.807) is 33.8 Å². The minimum absolute atomic E-state index is 0.110. The Bertz CT molecular complexity index is 1510. The van der Waals surface area contributed by atoms with Gasteiger partial charge in [-0.15, -0.1) is 0 Å². The van der Waals surface area contributed by atoms with Gasteiger partial charge in [0, 0.05) is 36.5 Å². The van der Waals surface area contributed by atoms with Crippen LogP contribution in [-0.4, -0.2) is 88.6 Å². The Hall–Kier alpha value is -4.04. The minimum atomic E-state index is -2.48. The molecule has 1 aromatic rings. The average molecular weight is 675 g/mol. The van der Waals surface area contributed by atoms with Crippen molar-refractivity contribution in [2.75, 3.05) is 6.61 Å². The summed E-state index contributed by atoms with van der Waals surface area (Å²) < 4.78 is 34.1. The van der Waals surface area contributed by atoms with Gasteiger partial charge in [0.2, 0.25) is 0 Å². The van der Waals surface area contributed by atoms with Gasteiger partial charge in [-0.25, -0.2) is 4.79 Å². The number of hydrogen-bond acceptors (Lipinski definition) is 14. The summed E-state index contributed by atoms with van der Waals surface area (Å²) in [4.78, 5) is 79.0. The first kappa shape index (κ1) is 35.3. The molecule has 4 aliphatic rings. The molecule has 4 fully saturated rings. The van der Waals surface area contributed by atoms with Crippen molar-refractivity contribution in [2.24, 2.45) is 28.6 Å². The molecule has 0 amide bonds. The number of cyclic esters (lactones) is 1. The number of carbonyl (C=O) groups excluding carboxylic acids is 6. The van der Waals surface area contributed by atoms with E-state index in [1.165, 1.54) is 19.5 Å². The van der Waals surface area contributed by atoms with Crippen LogP contribution in [-0.2, 0) is 52.5 Å². The van der Waals surface area contributed by atoms with Gasteiger partial charge < -0.3 is 38.3 Å². The largest absolute Gasteiger partial charge is 0.472 e. The number of hydrogen-bond donors (Lipinski definition) is 2. The van der Waals surface area contributed by atoms with Crippen LogP contribution in [0.4, 0.5) is 0 Å². The van der Waals surface area contributed by atoms with Crippen molar-refractivity contribution < 1.29 is 67.1 Å². The number of carbonyl (C=O) groups is 6. The zero-order chi connectivity index (χ0) is 35.6. The molecule has 0 aromatic carbocycles. The summed E-state index contributed by atoms with van der Waals surface area (Å²) >= 11 is 0. The Morgan fingerprint density at radius 1 is 1.08 bits per heavy atom. The lowest BCUT2D eigenvalue weighted by molar-refractivity contribution is -0.242. The first-order valence-electron chi connectivity index (χ1n) is 15.9. The fraction of sp³-hybridized carbons (Fsp3) is 0.647. The van der Waals surface area contributed by atoms with Crippen LogP contribution in [0.3, 0.4) is 0 Å². The van der Waals surface area contributed by atoms with Crippen LogP contribution >= 0.6 is 0 Å². The van der Waals surface area contributed by atoms with Gasteiger partial charge in [0.15, 0.2) is 17.5 Å². The summed E-state index contributed by atoms with van der Waals surface area (Å²) in [6.07, 6.45) is -4.64. The maximum absolute atomic E-state index is 14.2. The molecular weight excluding hydrogens is 632 g/mol. The van der Waals surface area contributed by atoms with Gasteiger partial charge in [-0.1, -0.05) is 34.3 Å². The number of esters is 4. The highest BCUT2D eigenvalue weighted by molar-refractivity contribution is 5.96. The van der Waals surface area contributed by atoms with Crippen molar-refractivity contribution in [3.63, 3.8) is 0 Å². The maximum Gasteiger partial charge on any atom is 0.335 e. The fourth-order valence-electron chi connectivity index (χ4n) is 8.93. The molecule has 2 N–H and O–H groups in total. The Labute approximate surface area is 277 Å². The Balaban J connectivity index is 1.82. The monoisotopic (exact) mass is 674 g/mol. The zero-order valence-corrected chi connectivity index (χ0v) is 27.8. The first-order valence-corrected chi connectivity index (χ1v) is 15.9. The Morgan fingerprint density at radius 2 is 1.77 bits per heavy atom. The van der Waals surface area contributed by atoms with E-state index in [0.717, 1.165) is 6.92 Å². The molecule has 3 heterocycles. The van der Waals surface area contributed by atoms with Gasteiger partial charge in [0.1, 0.15) is 30.5 Å². The van der Waals surface area contributed by atoms with Crippen LogP contribution in [0, 0.1) is 28.6 Å². The molecule has 5 rings (SSSR count). The van der Waals surface area contributed by atoms with Crippen LogP contribution in [0.5, 0.6) is 0 Å². The first-order chi connectivity index (χ1) is 22.4. The van der Waals surface area contributed by atoms with E-state index < -0.39 is 106 Å². The topological polar surface area (TPSA) is 202 Å². The lowest BCUT2D eigenvalue weighted by Gasteiger charge is -2.61. The highest BCUT2D eigenvalue weighted by atomic mass is 16.6. The van der Waals surface area contributed by atoms with E-state index in [0.29, 0.717) is 5.56 Å². The summed E-state index contributed by atoms with van der Waals surface area (Å²) in [7, 11) is 0. The summed E-state index contributed by atoms with van der Waals surface area (Å²) in [6, 6.07) is 1.59. The molecule has 0 bridgehead atoms. The van der Waals surface area contributed by atoms with E-state index >= 15 is 0 Å². The maximum atomic E-state index is 14.2. The molecule has 262 valence electrons. The molecule has 11 atom stereocenters. The van der Waals surface area contributed by atoms with Crippen LogP contribution in [0.15, 0.2) is 35.2 Å². The third-order valence-corrected chi connectivity index (χ3v) is 11.4. The average Bonchev–Trinajstić information content (AvgIpc) is 3.59. The molecule has 0 radical (unpaired) electrons. The molecule has 14 heteroatoms. The number of rotatable bonds is 8.